The Morgan fingerprint density at radius 2 is 2.54 bits per heavy atom. The average molecular weight is 219 g/mol. The maximum atomic E-state index is 10.4. The van der Waals surface area contributed by atoms with Gasteiger partial charge >= 0.3 is 5.00 Å². The topological polar surface area (TPSA) is 55.2 Å². The molecule has 0 aliphatic carbocycles. The maximum Gasteiger partial charge on any atom is 0.347 e. The van der Waals surface area contributed by atoms with Crippen molar-refractivity contribution in [2.75, 3.05) is 11.9 Å². The smallest absolute Gasteiger partial charge is 0.347 e. The van der Waals surface area contributed by atoms with Crippen LogP contribution in [0.25, 0.3) is 0 Å². The molecule has 0 aliphatic heterocycles. The number of nitrogens with one attached hydrogen (secondary N) is 1. The van der Waals surface area contributed by atoms with Gasteiger partial charge in [0.25, 0.3) is 0 Å². The van der Waals surface area contributed by atoms with E-state index in [0.29, 0.717) is 17.3 Å². The highest BCUT2D eigenvalue weighted by Crippen LogP contribution is 2.30. The Kier molecular flexibility index (Phi) is 3.27. The van der Waals surface area contributed by atoms with Gasteiger partial charge < -0.3 is 5.32 Å². The Balaban J connectivity index is 2.71. The highest BCUT2D eigenvalue weighted by atomic mass is 35.5. The van der Waals surface area contributed by atoms with Gasteiger partial charge in [0, 0.05) is 5.03 Å². The third kappa shape index (κ3) is 2.71. The van der Waals surface area contributed by atoms with Gasteiger partial charge in [0.15, 0.2) is 0 Å². The molecular formula is C7H7ClN2O2S. The molecule has 1 N–H and O–H groups in total. The van der Waals surface area contributed by atoms with Gasteiger partial charge in [-0.2, -0.15) is 0 Å². The molecular weight excluding hydrogens is 212 g/mol. The molecule has 1 rings (SSSR count). The molecule has 0 atom stereocenters. The molecule has 0 aromatic carbocycles. The molecule has 0 radical (unpaired) electrons. The van der Waals surface area contributed by atoms with Crippen molar-refractivity contribution in [2.24, 2.45) is 0 Å². The molecule has 0 aliphatic rings. The Morgan fingerprint density at radius 3 is 3.08 bits per heavy atom. The lowest BCUT2D eigenvalue weighted by molar-refractivity contribution is -0.379. The summed E-state index contributed by atoms with van der Waals surface area (Å²) in [4.78, 5) is 10.0. The van der Waals surface area contributed by atoms with E-state index in [9.17, 15) is 10.1 Å². The van der Waals surface area contributed by atoms with Crippen LogP contribution in [-0.4, -0.2) is 11.5 Å². The minimum absolute atomic E-state index is 0.0953. The van der Waals surface area contributed by atoms with Crippen LogP contribution in [0.1, 0.15) is 0 Å². The fourth-order valence-electron chi connectivity index (χ4n) is 0.768. The zero-order valence-electron chi connectivity index (χ0n) is 6.62. The van der Waals surface area contributed by atoms with Gasteiger partial charge in [0.2, 0.25) is 0 Å². The monoisotopic (exact) mass is 218 g/mol. The number of nitro groups is 1. The van der Waals surface area contributed by atoms with Gasteiger partial charge in [-0.15, -0.1) is 0 Å². The van der Waals surface area contributed by atoms with Gasteiger partial charge in [0.05, 0.1) is 11.5 Å². The van der Waals surface area contributed by atoms with E-state index in [1.54, 1.807) is 11.4 Å². The first-order valence-corrected chi connectivity index (χ1v) is 4.66. The molecule has 4 nitrogen and oxygen atoms in total. The summed E-state index contributed by atoms with van der Waals surface area (Å²) in [5.41, 5.74) is 0.483. The standard InChI is InChI=1S/C7H7ClN2O2S/c1-5(8)4-9-6-2-3-13-7(6)10(11)12/h2-3,9H,1,4H2. The van der Waals surface area contributed by atoms with Crippen molar-refractivity contribution < 1.29 is 4.92 Å². The molecule has 1 aromatic heterocycles. The Morgan fingerprint density at radius 1 is 1.85 bits per heavy atom. The molecule has 0 spiro atoms. The van der Waals surface area contributed by atoms with E-state index in [2.05, 4.69) is 11.9 Å². The van der Waals surface area contributed by atoms with Crippen molar-refractivity contribution >= 4 is 33.6 Å². The molecule has 1 heterocycles. The fraction of sp³-hybridized carbons (Fsp3) is 0.143. The van der Waals surface area contributed by atoms with Crippen molar-refractivity contribution in [3.05, 3.63) is 33.2 Å². The van der Waals surface area contributed by atoms with E-state index in [1.165, 1.54) is 0 Å². The average Bonchev–Trinajstić information content (AvgIpc) is 2.47. The van der Waals surface area contributed by atoms with Crippen LogP contribution in [0.4, 0.5) is 10.7 Å². The number of nitrogens with zero attached hydrogens (tertiary/aromatic N) is 1. The molecule has 1 aromatic rings. The number of halogens is 1. The SMILES string of the molecule is C=C(Cl)CNc1ccsc1[N+](=O)[O-]. The predicted octanol–water partition coefficient (Wildman–Crippen LogP) is 2.82. The summed E-state index contributed by atoms with van der Waals surface area (Å²) >= 11 is 6.58. The molecule has 70 valence electrons. The van der Waals surface area contributed by atoms with Gasteiger partial charge in [0.1, 0.15) is 5.69 Å². The number of anilines is 1. The quantitative estimate of drug-likeness (QED) is 0.625. The van der Waals surface area contributed by atoms with E-state index in [4.69, 9.17) is 11.6 Å². The fourth-order valence-corrected chi connectivity index (χ4v) is 1.52. The summed E-state index contributed by atoms with van der Waals surface area (Å²) in [6.07, 6.45) is 0. The third-order valence-electron chi connectivity index (χ3n) is 1.28. The van der Waals surface area contributed by atoms with Crippen molar-refractivity contribution in [1.82, 2.24) is 0 Å². The molecule has 0 saturated heterocycles. The lowest BCUT2D eigenvalue weighted by Crippen LogP contribution is -2.01. The first-order valence-electron chi connectivity index (χ1n) is 3.40. The second-order valence-corrected chi connectivity index (χ2v) is 3.70. The van der Waals surface area contributed by atoms with E-state index in [-0.39, 0.29) is 5.00 Å². The van der Waals surface area contributed by atoms with Crippen LogP contribution < -0.4 is 5.32 Å². The van der Waals surface area contributed by atoms with E-state index in [1.807, 2.05) is 0 Å². The molecule has 0 saturated carbocycles. The number of hydrogen-bond acceptors (Lipinski definition) is 4. The van der Waals surface area contributed by atoms with Crippen molar-refractivity contribution in [3.8, 4) is 0 Å². The predicted molar refractivity (Wildman–Crippen MR) is 54.5 cm³/mol. The summed E-state index contributed by atoms with van der Waals surface area (Å²) < 4.78 is 0. The zero-order valence-corrected chi connectivity index (χ0v) is 8.19. The van der Waals surface area contributed by atoms with Crippen molar-refractivity contribution in [1.29, 1.82) is 0 Å². The van der Waals surface area contributed by atoms with Gasteiger partial charge in [-0.1, -0.05) is 29.5 Å². The zero-order chi connectivity index (χ0) is 9.84. The minimum atomic E-state index is -0.427. The van der Waals surface area contributed by atoms with Crippen molar-refractivity contribution in [3.63, 3.8) is 0 Å². The van der Waals surface area contributed by atoms with E-state index in [0.717, 1.165) is 11.3 Å². The summed E-state index contributed by atoms with van der Waals surface area (Å²) in [7, 11) is 0. The van der Waals surface area contributed by atoms with Crippen LogP contribution >= 0.6 is 22.9 Å². The van der Waals surface area contributed by atoms with Gasteiger partial charge in [-0.25, -0.2) is 0 Å². The highest BCUT2D eigenvalue weighted by molar-refractivity contribution is 7.14. The van der Waals surface area contributed by atoms with Crippen LogP contribution in [0.15, 0.2) is 23.1 Å². The van der Waals surface area contributed by atoms with Crippen LogP contribution in [0.2, 0.25) is 0 Å². The van der Waals surface area contributed by atoms with Crippen LogP contribution in [0.3, 0.4) is 0 Å². The summed E-state index contributed by atoms with van der Waals surface area (Å²) in [5.74, 6) is 0. The van der Waals surface area contributed by atoms with Crippen molar-refractivity contribution in [2.45, 2.75) is 0 Å². The number of hydrogen-bond donors (Lipinski definition) is 1. The van der Waals surface area contributed by atoms with Gasteiger partial charge in [-0.3, -0.25) is 10.1 Å². The summed E-state index contributed by atoms with van der Waals surface area (Å²) in [6, 6.07) is 1.64. The first kappa shape index (κ1) is 10.0. The second kappa shape index (κ2) is 4.25. The molecule has 0 amide bonds. The van der Waals surface area contributed by atoms with E-state index < -0.39 is 4.92 Å². The lowest BCUT2D eigenvalue weighted by Gasteiger charge is -2.00. The van der Waals surface area contributed by atoms with Crippen LogP contribution in [0, 0.1) is 10.1 Å². The molecule has 13 heavy (non-hydrogen) atoms. The number of thiophene rings is 1. The molecule has 0 unspecified atom stereocenters. The molecule has 6 heteroatoms. The third-order valence-corrected chi connectivity index (χ3v) is 2.28. The summed E-state index contributed by atoms with van der Waals surface area (Å²) in [5, 5.41) is 15.4. The molecule has 0 fully saturated rings. The lowest BCUT2D eigenvalue weighted by atomic mass is 10.4. The normalized spacial score (nSPS) is 9.62. The first-order chi connectivity index (χ1) is 6.11. The highest BCUT2D eigenvalue weighted by Gasteiger charge is 2.14. The van der Waals surface area contributed by atoms with Gasteiger partial charge in [-0.05, 0) is 11.4 Å². The molecule has 0 bridgehead atoms. The largest absolute Gasteiger partial charge is 0.374 e. The summed E-state index contributed by atoms with van der Waals surface area (Å²) in [6.45, 7) is 3.80. The Labute approximate surface area is 84.0 Å². The maximum absolute atomic E-state index is 10.4. The minimum Gasteiger partial charge on any atom is -0.374 e. The number of rotatable bonds is 4. The second-order valence-electron chi connectivity index (χ2n) is 2.27. The van der Waals surface area contributed by atoms with Crippen LogP contribution in [-0.2, 0) is 0 Å². The Bertz CT molecular complexity index is 337. The Hall–Kier alpha value is -1.07. The van der Waals surface area contributed by atoms with Crippen LogP contribution in [0.5, 0.6) is 0 Å². The van der Waals surface area contributed by atoms with E-state index >= 15 is 0 Å².